The van der Waals surface area contributed by atoms with Crippen LogP contribution in [0.3, 0.4) is 0 Å². The monoisotopic (exact) mass is 239 g/mol. The lowest BCUT2D eigenvalue weighted by Gasteiger charge is -2.14. The van der Waals surface area contributed by atoms with Gasteiger partial charge in [-0.3, -0.25) is 4.57 Å². The summed E-state index contributed by atoms with van der Waals surface area (Å²) in [6, 6.07) is -0.0305. The maximum atomic E-state index is 11.6. The number of aliphatic hydroxyl groups is 1. The fourth-order valence-corrected chi connectivity index (χ4v) is 2.05. The lowest BCUT2D eigenvalue weighted by Crippen LogP contribution is -2.30. The summed E-state index contributed by atoms with van der Waals surface area (Å²) in [4.78, 5) is 15.4. The van der Waals surface area contributed by atoms with E-state index >= 15 is 0 Å². The molecule has 3 N–H and O–H groups in total. The van der Waals surface area contributed by atoms with Crippen molar-refractivity contribution in [1.29, 1.82) is 0 Å². The number of allylic oxidation sites excluding steroid dienone is 1. The van der Waals surface area contributed by atoms with E-state index in [1.165, 1.54) is 0 Å². The van der Waals surface area contributed by atoms with E-state index in [0.717, 1.165) is 6.42 Å². The maximum Gasteiger partial charge on any atom is 0.350 e. The zero-order valence-electron chi connectivity index (χ0n) is 8.71. The molecule has 16 heavy (non-hydrogen) atoms. The van der Waals surface area contributed by atoms with Crippen molar-refractivity contribution in [3.8, 4) is 0 Å². The number of aliphatic hydroxyl groups excluding tert-OH is 1. The summed E-state index contributed by atoms with van der Waals surface area (Å²) in [7, 11) is 2.45. The third kappa shape index (κ3) is 2.01. The van der Waals surface area contributed by atoms with Crippen LogP contribution in [0.15, 0.2) is 23.1 Å². The molecule has 1 heterocycles. The molecule has 2 rings (SSSR count). The summed E-state index contributed by atoms with van der Waals surface area (Å²) >= 11 is 0. The lowest BCUT2D eigenvalue weighted by molar-refractivity contribution is 0.244. The van der Waals surface area contributed by atoms with Crippen molar-refractivity contribution in [3.63, 3.8) is 0 Å². The number of anilines is 1. The van der Waals surface area contributed by atoms with Gasteiger partial charge in [0.2, 0.25) is 0 Å². The molecule has 1 aliphatic carbocycles. The summed E-state index contributed by atoms with van der Waals surface area (Å²) in [5.41, 5.74) is 5.19. The van der Waals surface area contributed by atoms with Crippen LogP contribution in [0, 0.1) is 5.92 Å². The van der Waals surface area contributed by atoms with Crippen molar-refractivity contribution in [2.75, 3.05) is 12.3 Å². The van der Waals surface area contributed by atoms with Crippen LogP contribution in [0.1, 0.15) is 12.5 Å². The van der Waals surface area contributed by atoms with E-state index in [1.54, 1.807) is 10.8 Å². The third-order valence-electron chi connectivity index (χ3n) is 2.75. The van der Waals surface area contributed by atoms with Gasteiger partial charge in [-0.1, -0.05) is 21.4 Å². The van der Waals surface area contributed by atoms with Gasteiger partial charge >= 0.3 is 5.69 Å². The number of hydrogen-bond donors (Lipinski definition) is 2. The van der Waals surface area contributed by atoms with Crippen molar-refractivity contribution in [1.82, 2.24) is 9.55 Å². The Balaban J connectivity index is 2.33. The van der Waals surface area contributed by atoms with Gasteiger partial charge in [0.15, 0.2) is 0 Å². The molecule has 86 valence electrons. The first kappa shape index (κ1) is 11.3. The summed E-state index contributed by atoms with van der Waals surface area (Å²) in [6.45, 7) is 0.109. The Morgan fingerprint density at radius 3 is 3.00 bits per heavy atom. The summed E-state index contributed by atoms with van der Waals surface area (Å²) in [5, 5.41) is 9.73. The third-order valence-corrected chi connectivity index (χ3v) is 3.20. The van der Waals surface area contributed by atoms with Crippen molar-refractivity contribution >= 4 is 20.4 Å². The molecular formula is C10H14N3O2P. The molecule has 0 amide bonds. The van der Waals surface area contributed by atoms with Crippen LogP contribution in [0.5, 0.6) is 0 Å². The molecule has 0 saturated heterocycles. The average molecular weight is 239 g/mol. The van der Waals surface area contributed by atoms with Crippen LogP contribution in [-0.2, 0) is 0 Å². The Bertz CT molecular complexity index is 483. The average Bonchev–Trinajstić information content (AvgIpc) is 2.71. The molecule has 0 aliphatic heterocycles. The van der Waals surface area contributed by atoms with Gasteiger partial charge < -0.3 is 10.8 Å². The minimum atomic E-state index is -0.350. The summed E-state index contributed by atoms with van der Waals surface area (Å²) < 4.78 is 1.55. The van der Waals surface area contributed by atoms with E-state index in [4.69, 9.17) is 10.8 Å². The first-order valence-corrected chi connectivity index (χ1v) is 5.63. The van der Waals surface area contributed by atoms with Gasteiger partial charge in [0.25, 0.3) is 0 Å². The van der Waals surface area contributed by atoms with Crippen molar-refractivity contribution in [2.24, 2.45) is 5.92 Å². The second-order valence-electron chi connectivity index (χ2n) is 3.90. The molecule has 0 saturated carbocycles. The van der Waals surface area contributed by atoms with Crippen molar-refractivity contribution in [3.05, 3.63) is 28.8 Å². The highest BCUT2D eigenvalue weighted by molar-refractivity contribution is 7.27. The number of aromatic nitrogens is 2. The topological polar surface area (TPSA) is 81.1 Å². The summed E-state index contributed by atoms with van der Waals surface area (Å²) in [5.74, 6) is 0.370. The van der Waals surface area contributed by atoms with Gasteiger partial charge in [0.1, 0.15) is 5.82 Å². The maximum absolute atomic E-state index is 11.6. The number of nitrogen functional groups attached to an aromatic ring is 1. The second kappa shape index (κ2) is 4.36. The fraction of sp³-hybridized carbons (Fsp3) is 0.400. The van der Waals surface area contributed by atoms with Crippen molar-refractivity contribution < 1.29 is 5.11 Å². The molecule has 3 unspecified atom stereocenters. The van der Waals surface area contributed by atoms with Crippen LogP contribution in [0.25, 0.3) is 0 Å². The van der Waals surface area contributed by atoms with Gasteiger partial charge in [-0.25, -0.2) is 4.79 Å². The molecule has 6 heteroatoms. The first-order valence-electron chi connectivity index (χ1n) is 5.05. The van der Waals surface area contributed by atoms with Gasteiger partial charge in [0, 0.05) is 24.0 Å². The minimum Gasteiger partial charge on any atom is -0.396 e. The zero-order valence-corrected chi connectivity index (χ0v) is 9.86. The molecule has 5 nitrogen and oxygen atoms in total. The van der Waals surface area contributed by atoms with E-state index in [0.29, 0.717) is 5.30 Å². The number of nitrogens with zero attached hydrogens (tertiary/aromatic N) is 2. The lowest BCUT2D eigenvalue weighted by atomic mass is 10.1. The van der Waals surface area contributed by atoms with Gasteiger partial charge in [-0.2, -0.15) is 4.98 Å². The Morgan fingerprint density at radius 2 is 2.38 bits per heavy atom. The van der Waals surface area contributed by atoms with E-state index in [1.807, 2.05) is 12.2 Å². The molecule has 0 fully saturated rings. The molecule has 0 aromatic carbocycles. The Labute approximate surface area is 95.2 Å². The molecule has 1 aromatic rings. The zero-order chi connectivity index (χ0) is 11.7. The predicted molar refractivity (Wildman–Crippen MR) is 65.6 cm³/mol. The Kier molecular flexibility index (Phi) is 3.08. The quantitative estimate of drug-likeness (QED) is 0.535. The van der Waals surface area contributed by atoms with E-state index in [-0.39, 0.29) is 30.1 Å². The van der Waals surface area contributed by atoms with Crippen LogP contribution >= 0.6 is 9.24 Å². The highest BCUT2D eigenvalue weighted by Crippen LogP contribution is 2.25. The van der Waals surface area contributed by atoms with E-state index < -0.39 is 0 Å². The number of nitrogens with two attached hydrogens (primary N) is 1. The van der Waals surface area contributed by atoms with Crippen LogP contribution < -0.4 is 16.7 Å². The van der Waals surface area contributed by atoms with Crippen LogP contribution in [0.2, 0.25) is 0 Å². The molecule has 1 aliphatic rings. The molecule has 0 radical (unpaired) electrons. The van der Waals surface area contributed by atoms with Crippen molar-refractivity contribution in [2.45, 2.75) is 12.5 Å². The number of hydrogen-bond acceptors (Lipinski definition) is 4. The highest BCUT2D eigenvalue weighted by Gasteiger charge is 2.21. The smallest absolute Gasteiger partial charge is 0.350 e. The van der Waals surface area contributed by atoms with Gasteiger partial charge in [-0.05, 0) is 6.42 Å². The largest absolute Gasteiger partial charge is 0.396 e. The molecule has 3 atom stereocenters. The molecular weight excluding hydrogens is 225 g/mol. The minimum absolute atomic E-state index is 0.0305. The SMILES string of the molecule is Nc1nc(=O)n(C2C=CC(CO)C2)cc1P. The van der Waals surface area contributed by atoms with Crippen LogP contribution in [0.4, 0.5) is 5.82 Å². The molecule has 0 bridgehead atoms. The fourth-order valence-electron chi connectivity index (χ4n) is 1.83. The Morgan fingerprint density at radius 1 is 1.62 bits per heavy atom. The predicted octanol–water partition coefficient (Wildman–Crippen LogP) is -0.565. The first-order chi connectivity index (χ1) is 7.61. The van der Waals surface area contributed by atoms with Gasteiger partial charge in [-0.15, -0.1) is 0 Å². The Hall–Kier alpha value is -1.19. The van der Waals surface area contributed by atoms with Crippen LogP contribution in [-0.4, -0.2) is 21.3 Å². The second-order valence-corrected chi connectivity index (χ2v) is 4.52. The summed E-state index contributed by atoms with van der Waals surface area (Å²) in [6.07, 6.45) is 6.26. The highest BCUT2D eigenvalue weighted by atomic mass is 31.0. The molecule has 1 aromatic heterocycles. The van der Waals surface area contributed by atoms with Gasteiger partial charge in [0.05, 0.1) is 6.04 Å². The standard InChI is InChI=1S/C10H14N3O2P/c11-9-8(16)4-13(10(15)12-9)7-2-1-6(3-7)5-14/h1-2,4,6-7,14H,3,5,16H2,(H2,11,12,15). The molecule has 0 spiro atoms. The number of rotatable bonds is 2. The van der Waals surface area contributed by atoms with E-state index in [9.17, 15) is 4.79 Å². The van der Waals surface area contributed by atoms with E-state index in [2.05, 4.69) is 14.2 Å². The normalized spacial score (nSPS) is 23.9.